The highest BCUT2D eigenvalue weighted by atomic mass is 16.5. The van der Waals surface area contributed by atoms with Gasteiger partial charge in [0.15, 0.2) is 0 Å². The third-order valence-corrected chi connectivity index (χ3v) is 7.15. The van der Waals surface area contributed by atoms with Crippen molar-refractivity contribution in [2.24, 2.45) is 0 Å². The van der Waals surface area contributed by atoms with Gasteiger partial charge < -0.3 is 29.3 Å². The highest BCUT2D eigenvalue weighted by Gasteiger charge is 2.42. The number of hydrogen-bond donors (Lipinski definition) is 1. The van der Waals surface area contributed by atoms with Crippen LogP contribution in [0.2, 0.25) is 0 Å². The van der Waals surface area contributed by atoms with Gasteiger partial charge in [0.05, 0.1) is 24.9 Å². The predicted octanol–water partition coefficient (Wildman–Crippen LogP) is 1.92. The lowest BCUT2D eigenvalue weighted by molar-refractivity contribution is -0.163. The third kappa shape index (κ3) is 5.65. The molecule has 30 heavy (non-hydrogen) atoms. The number of amides is 3. The Bertz CT molecular complexity index is 581. The quantitative estimate of drug-likeness (QED) is 0.747. The van der Waals surface area contributed by atoms with Gasteiger partial charge in [0, 0.05) is 45.2 Å². The summed E-state index contributed by atoms with van der Waals surface area (Å²) in [6, 6.07) is 0.423. The van der Waals surface area contributed by atoms with Crippen LogP contribution in [0, 0.1) is 0 Å². The summed E-state index contributed by atoms with van der Waals surface area (Å²) in [7, 11) is 0. The first-order chi connectivity index (χ1) is 14.6. The van der Waals surface area contributed by atoms with E-state index in [1.54, 1.807) is 0 Å². The van der Waals surface area contributed by atoms with Crippen molar-refractivity contribution in [3.63, 3.8) is 0 Å². The Balaban J connectivity index is 1.20. The van der Waals surface area contributed by atoms with E-state index in [1.807, 2.05) is 9.80 Å². The maximum absolute atomic E-state index is 12.6. The van der Waals surface area contributed by atoms with Gasteiger partial charge in [0.2, 0.25) is 5.91 Å². The molecular formula is C22H37N3O5. The van der Waals surface area contributed by atoms with E-state index in [1.165, 1.54) is 19.3 Å². The minimum atomic E-state index is -0.216. The molecule has 4 rings (SSSR count). The molecule has 3 saturated heterocycles. The van der Waals surface area contributed by atoms with Crippen molar-refractivity contribution in [3.8, 4) is 0 Å². The number of rotatable bonds is 4. The summed E-state index contributed by atoms with van der Waals surface area (Å²) in [6.45, 7) is 4.75. The van der Waals surface area contributed by atoms with Crippen molar-refractivity contribution in [1.82, 2.24) is 15.1 Å². The molecule has 0 radical (unpaired) electrons. The number of ether oxygens (including phenoxy) is 3. The monoisotopic (exact) mass is 423 g/mol. The minimum absolute atomic E-state index is 0.0476. The minimum Gasteiger partial charge on any atom is -0.378 e. The molecule has 1 aliphatic carbocycles. The number of carbonyl (C=O) groups is 2. The second-order valence-corrected chi connectivity index (χ2v) is 9.22. The summed E-state index contributed by atoms with van der Waals surface area (Å²) in [5, 5.41) is 3.22. The standard InChI is InChI=1S/C22H37N3O5/c26-20(24-11-14-28-15-12-24)17-29-19-6-13-30-22(16-19)7-9-25(10-8-22)21(27)23-18-4-2-1-3-5-18/h18-19H,1-17H2,(H,23,27). The molecule has 0 aromatic heterocycles. The lowest BCUT2D eigenvalue weighted by Gasteiger charge is -2.46. The zero-order valence-electron chi connectivity index (χ0n) is 18.1. The van der Waals surface area contributed by atoms with E-state index in [-0.39, 0.29) is 30.3 Å². The molecule has 3 heterocycles. The molecule has 3 aliphatic heterocycles. The topological polar surface area (TPSA) is 80.3 Å². The van der Waals surface area contributed by atoms with Gasteiger partial charge in [-0.1, -0.05) is 19.3 Å². The smallest absolute Gasteiger partial charge is 0.317 e. The Labute approximate surface area is 179 Å². The Morgan fingerprint density at radius 3 is 2.40 bits per heavy atom. The number of urea groups is 1. The van der Waals surface area contributed by atoms with Crippen molar-refractivity contribution in [2.45, 2.75) is 75.5 Å². The average molecular weight is 424 g/mol. The number of piperidine rings is 1. The van der Waals surface area contributed by atoms with Crippen LogP contribution in [0.1, 0.15) is 57.8 Å². The highest BCUT2D eigenvalue weighted by molar-refractivity contribution is 5.77. The maximum atomic E-state index is 12.6. The van der Waals surface area contributed by atoms with Crippen LogP contribution in [-0.2, 0) is 19.0 Å². The van der Waals surface area contributed by atoms with Crippen LogP contribution in [-0.4, -0.2) is 92.1 Å². The summed E-state index contributed by atoms with van der Waals surface area (Å²) in [5.41, 5.74) is -0.216. The van der Waals surface area contributed by atoms with Crippen molar-refractivity contribution >= 4 is 11.9 Å². The molecule has 1 spiro atoms. The highest BCUT2D eigenvalue weighted by Crippen LogP contribution is 2.36. The average Bonchev–Trinajstić information content (AvgIpc) is 2.79. The Morgan fingerprint density at radius 2 is 1.67 bits per heavy atom. The second-order valence-electron chi connectivity index (χ2n) is 9.22. The van der Waals surface area contributed by atoms with Crippen molar-refractivity contribution in [2.75, 3.05) is 52.6 Å². The first-order valence-corrected chi connectivity index (χ1v) is 11.8. The van der Waals surface area contributed by atoms with Gasteiger partial charge in [-0.15, -0.1) is 0 Å². The molecule has 1 saturated carbocycles. The fourth-order valence-corrected chi connectivity index (χ4v) is 5.20. The van der Waals surface area contributed by atoms with Gasteiger partial charge in [-0.2, -0.15) is 0 Å². The molecule has 4 fully saturated rings. The molecule has 8 nitrogen and oxygen atoms in total. The largest absolute Gasteiger partial charge is 0.378 e. The SMILES string of the molecule is O=C(COC1CCOC2(CCN(C(=O)NC3CCCCC3)CC2)C1)N1CCOCC1. The summed E-state index contributed by atoms with van der Waals surface area (Å²) >= 11 is 0. The van der Waals surface area contributed by atoms with Crippen LogP contribution in [0.5, 0.6) is 0 Å². The number of morpholine rings is 1. The van der Waals surface area contributed by atoms with Crippen molar-refractivity contribution in [1.29, 1.82) is 0 Å². The summed E-state index contributed by atoms with van der Waals surface area (Å²) in [5.74, 6) is 0.0491. The third-order valence-electron chi connectivity index (χ3n) is 7.15. The van der Waals surface area contributed by atoms with Crippen LogP contribution in [0.4, 0.5) is 4.79 Å². The van der Waals surface area contributed by atoms with E-state index in [0.717, 1.165) is 51.6 Å². The molecule has 0 bridgehead atoms. The Kier molecular flexibility index (Phi) is 7.49. The molecule has 1 atom stereocenters. The molecule has 0 aromatic rings. The molecule has 0 aromatic carbocycles. The van der Waals surface area contributed by atoms with Gasteiger partial charge >= 0.3 is 6.03 Å². The molecule has 3 amide bonds. The van der Waals surface area contributed by atoms with Gasteiger partial charge in [0.1, 0.15) is 6.61 Å². The van der Waals surface area contributed by atoms with E-state index in [9.17, 15) is 9.59 Å². The van der Waals surface area contributed by atoms with Crippen LogP contribution in [0.3, 0.4) is 0 Å². The van der Waals surface area contributed by atoms with Crippen LogP contribution < -0.4 is 5.32 Å². The van der Waals surface area contributed by atoms with Crippen LogP contribution in [0.25, 0.3) is 0 Å². The Hall–Kier alpha value is -1.38. The maximum Gasteiger partial charge on any atom is 0.317 e. The zero-order chi connectivity index (χ0) is 20.8. The van der Waals surface area contributed by atoms with Gasteiger partial charge in [-0.3, -0.25) is 4.79 Å². The van der Waals surface area contributed by atoms with E-state index in [2.05, 4.69) is 5.32 Å². The molecule has 170 valence electrons. The number of nitrogens with one attached hydrogen (secondary N) is 1. The Morgan fingerprint density at radius 1 is 0.933 bits per heavy atom. The van der Waals surface area contributed by atoms with Crippen molar-refractivity contribution in [3.05, 3.63) is 0 Å². The first kappa shape index (κ1) is 21.8. The summed E-state index contributed by atoms with van der Waals surface area (Å²) in [6.07, 6.45) is 9.29. The van der Waals surface area contributed by atoms with Crippen molar-refractivity contribution < 1.29 is 23.8 Å². The first-order valence-electron chi connectivity index (χ1n) is 11.8. The van der Waals surface area contributed by atoms with Gasteiger partial charge in [-0.05, 0) is 32.1 Å². The van der Waals surface area contributed by atoms with Gasteiger partial charge in [0.25, 0.3) is 0 Å². The number of carbonyl (C=O) groups excluding carboxylic acids is 2. The fraction of sp³-hybridized carbons (Fsp3) is 0.909. The number of likely N-dealkylation sites (tertiary alicyclic amines) is 1. The molecular weight excluding hydrogens is 386 g/mol. The molecule has 1 unspecified atom stereocenters. The summed E-state index contributed by atoms with van der Waals surface area (Å²) < 4.78 is 17.5. The lowest BCUT2D eigenvalue weighted by atomic mass is 9.83. The van der Waals surface area contributed by atoms with E-state index in [0.29, 0.717) is 39.0 Å². The van der Waals surface area contributed by atoms with Crippen LogP contribution in [0.15, 0.2) is 0 Å². The number of hydrogen-bond acceptors (Lipinski definition) is 5. The normalized spacial score (nSPS) is 27.8. The molecule has 8 heteroatoms. The van der Waals surface area contributed by atoms with Crippen LogP contribution >= 0.6 is 0 Å². The van der Waals surface area contributed by atoms with Gasteiger partial charge in [-0.25, -0.2) is 4.79 Å². The second kappa shape index (κ2) is 10.3. The summed E-state index contributed by atoms with van der Waals surface area (Å²) in [4.78, 5) is 28.7. The molecule has 4 aliphatic rings. The lowest BCUT2D eigenvalue weighted by Crippen LogP contribution is -2.55. The van der Waals surface area contributed by atoms with E-state index < -0.39 is 0 Å². The number of nitrogens with zero attached hydrogens (tertiary/aromatic N) is 2. The van der Waals surface area contributed by atoms with E-state index >= 15 is 0 Å². The predicted molar refractivity (Wildman–Crippen MR) is 111 cm³/mol. The van der Waals surface area contributed by atoms with E-state index in [4.69, 9.17) is 14.2 Å². The fourth-order valence-electron chi connectivity index (χ4n) is 5.20. The zero-order valence-corrected chi connectivity index (χ0v) is 18.1. The molecule has 1 N–H and O–H groups in total.